The SMILES string of the molecule is CC(Br)CCCNS(=O)(=O)C1CCS(=O)(=O)CC1. The molecular formula is C10H20BrNO4S2. The lowest BCUT2D eigenvalue weighted by molar-refractivity contribution is 0.540. The molecule has 0 aromatic heterocycles. The van der Waals surface area contributed by atoms with Crippen LogP contribution in [0.25, 0.3) is 0 Å². The fourth-order valence-electron chi connectivity index (χ4n) is 1.89. The minimum Gasteiger partial charge on any atom is -0.229 e. The van der Waals surface area contributed by atoms with Crippen LogP contribution in [-0.4, -0.2) is 45.0 Å². The number of hydrogen-bond donors (Lipinski definition) is 1. The topological polar surface area (TPSA) is 80.3 Å². The molecule has 108 valence electrons. The first-order chi connectivity index (χ1) is 8.23. The second-order valence-corrected chi connectivity index (χ2v) is 10.6. The third-order valence-corrected chi connectivity index (χ3v) is 7.15. The van der Waals surface area contributed by atoms with Crippen LogP contribution in [-0.2, 0) is 19.9 Å². The van der Waals surface area contributed by atoms with Crippen LogP contribution in [0.1, 0.15) is 32.6 Å². The summed E-state index contributed by atoms with van der Waals surface area (Å²) in [5.41, 5.74) is 0. The molecule has 1 rings (SSSR count). The highest BCUT2D eigenvalue weighted by Gasteiger charge is 2.32. The molecule has 0 saturated carbocycles. The monoisotopic (exact) mass is 361 g/mol. The zero-order valence-corrected chi connectivity index (χ0v) is 13.7. The average Bonchev–Trinajstić information content (AvgIpc) is 2.23. The second kappa shape index (κ2) is 6.67. The molecule has 0 aromatic rings. The maximum atomic E-state index is 11.9. The van der Waals surface area contributed by atoms with Crippen LogP contribution >= 0.6 is 15.9 Å². The lowest BCUT2D eigenvalue weighted by Gasteiger charge is -2.22. The molecule has 1 saturated heterocycles. The number of nitrogens with one attached hydrogen (secondary N) is 1. The molecule has 0 amide bonds. The molecule has 18 heavy (non-hydrogen) atoms. The first-order valence-corrected chi connectivity index (χ1v) is 10.3. The van der Waals surface area contributed by atoms with Gasteiger partial charge in [-0.1, -0.05) is 22.9 Å². The number of sulfone groups is 1. The van der Waals surface area contributed by atoms with Gasteiger partial charge in [0.1, 0.15) is 9.84 Å². The Kier molecular flexibility index (Phi) is 6.08. The van der Waals surface area contributed by atoms with E-state index in [4.69, 9.17) is 0 Å². The molecule has 0 radical (unpaired) electrons. The third-order valence-electron chi connectivity index (χ3n) is 3.02. The van der Waals surface area contributed by atoms with E-state index in [2.05, 4.69) is 20.7 Å². The van der Waals surface area contributed by atoms with E-state index in [1.807, 2.05) is 6.92 Å². The molecule has 1 N–H and O–H groups in total. The smallest absolute Gasteiger partial charge is 0.214 e. The van der Waals surface area contributed by atoms with Gasteiger partial charge >= 0.3 is 0 Å². The van der Waals surface area contributed by atoms with Crippen molar-refractivity contribution in [3.05, 3.63) is 0 Å². The lowest BCUT2D eigenvalue weighted by atomic mass is 10.2. The number of alkyl halides is 1. The van der Waals surface area contributed by atoms with E-state index < -0.39 is 25.1 Å². The maximum Gasteiger partial charge on any atom is 0.214 e. The fraction of sp³-hybridized carbons (Fsp3) is 1.00. The Morgan fingerprint density at radius 1 is 1.33 bits per heavy atom. The Morgan fingerprint density at radius 3 is 2.39 bits per heavy atom. The van der Waals surface area contributed by atoms with Gasteiger partial charge < -0.3 is 0 Å². The van der Waals surface area contributed by atoms with Gasteiger partial charge in [0.15, 0.2) is 0 Å². The first-order valence-electron chi connectivity index (χ1n) is 6.06. The van der Waals surface area contributed by atoms with Gasteiger partial charge in [0.25, 0.3) is 0 Å². The van der Waals surface area contributed by atoms with Gasteiger partial charge in [0.05, 0.1) is 16.8 Å². The highest BCUT2D eigenvalue weighted by Crippen LogP contribution is 2.18. The van der Waals surface area contributed by atoms with Gasteiger partial charge in [-0.2, -0.15) is 0 Å². The molecule has 1 aliphatic heterocycles. The lowest BCUT2D eigenvalue weighted by Crippen LogP contribution is -2.40. The first kappa shape index (κ1) is 16.4. The van der Waals surface area contributed by atoms with Crippen molar-refractivity contribution in [2.45, 2.75) is 42.7 Å². The number of sulfonamides is 1. The van der Waals surface area contributed by atoms with E-state index >= 15 is 0 Å². The Hall–Kier alpha value is 0.340. The minimum atomic E-state index is -3.36. The molecule has 0 aliphatic carbocycles. The molecule has 0 aromatic carbocycles. The van der Waals surface area contributed by atoms with Gasteiger partial charge in [0, 0.05) is 11.4 Å². The molecule has 0 bridgehead atoms. The van der Waals surface area contributed by atoms with Gasteiger partial charge in [-0.15, -0.1) is 0 Å². The summed E-state index contributed by atoms with van der Waals surface area (Å²) >= 11 is 3.40. The highest BCUT2D eigenvalue weighted by atomic mass is 79.9. The van der Waals surface area contributed by atoms with Crippen LogP contribution in [0.3, 0.4) is 0 Å². The summed E-state index contributed by atoms with van der Waals surface area (Å²) in [6.07, 6.45) is 2.11. The number of hydrogen-bond acceptors (Lipinski definition) is 4. The molecule has 1 heterocycles. The number of halogens is 1. The second-order valence-electron chi connectivity index (χ2n) is 4.71. The molecule has 0 spiro atoms. The predicted molar refractivity (Wildman–Crippen MR) is 76.2 cm³/mol. The summed E-state index contributed by atoms with van der Waals surface area (Å²) in [5, 5.41) is -0.553. The predicted octanol–water partition coefficient (Wildman–Crippen LogP) is 1.05. The maximum absolute atomic E-state index is 11.9. The summed E-state index contributed by atoms with van der Waals surface area (Å²) in [5.74, 6) is -0.0337. The standard InChI is InChI=1S/C10H20BrNO4S2/c1-9(11)3-2-6-12-18(15,16)10-4-7-17(13,14)8-5-10/h9-10,12H,2-8H2,1H3. The van der Waals surface area contributed by atoms with Gasteiger partial charge in [-0.25, -0.2) is 21.6 Å². The van der Waals surface area contributed by atoms with Crippen LogP contribution in [0.2, 0.25) is 0 Å². The third kappa shape index (κ3) is 5.54. The summed E-state index contributed by atoms with van der Waals surface area (Å²) in [6, 6.07) is 0. The summed E-state index contributed by atoms with van der Waals surface area (Å²) in [4.78, 5) is 0.377. The van der Waals surface area contributed by atoms with Crippen molar-refractivity contribution >= 4 is 35.8 Å². The van der Waals surface area contributed by atoms with Crippen molar-refractivity contribution < 1.29 is 16.8 Å². The van der Waals surface area contributed by atoms with Crippen molar-refractivity contribution in [1.29, 1.82) is 0 Å². The molecule has 5 nitrogen and oxygen atoms in total. The minimum absolute atomic E-state index is 0.0169. The van der Waals surface area contributed by atoms with Gasteiger partial charge in [0.2, 0.25) is 10.0 Å². The van der Waals surface area contributed by atoms with Gasteiger partial charge in [-0.05, 0) is 25.7 Å². The highest BCUT2D eigenvalue weighted by molar-refractivity contribution is 9.09. The van der Waals surface area contributed by atoms with E-state index in [0.29, 0.717) is 11.4 Å². The van der Waals surface area contributed by atoms with E-state index in [9.17, 15) is 16.8 Å². The Balaban J connectivity index is 2.40. The van der Waals surface area contributed by atoms with E-state index in [0.717, 1.165) is 12.8 Å². The zero-order chi connectivity index (χ0) is 13.8. The molecule has 1 aliphatic rings. The molecular weight excluding hydrogens is 342 g/mol. The average molecular weight is 362 g/mol. The van der Waals surface area contributed by atoms with Crippen LogP contribution in [0, 0.1) is 0 Å². The van der Waals surface area contributed by atoms with Gasteiger partial charge in [-0.3, -0.25) is 0 Å². The fourth-order valence-corrected chi connectivity index (χ4v) is 5.53. The van der Waals surface area contributed by atoms with Crippen molar-refractivity contribution in [3.63, 3.8) is 0 Å². The Bertz CT molecular complexity index is 444. The van der Waals surface area contributed by atoms with Crippen LogP contribution in [0.5, 0.6) is 0 Å². The van der Waals surface area contributed by atoms with Crippen LogP contribution in [0.15, 0.2) is 0 Å². The van der Waals surface area contributed by atoms with E-state index in [1.54, 1.807) is 0 Å². The molecule has 1 atom stereocenters. The normalized spacial score (nSPS) is 22.8. The van der Waals surface area contributed by atoms with E-state index in [-0.39, 0.29) is 24.3 Å². The molecule has 8 heteroatoms. The molecule has 1 fully saturated rings. The largest absolute Gasteiger partial charge is 0.229 e. The molecule has 1 unspecified atom stereocenters. The quantitative estimate of drug-likeness (QED) is 0.566. The zero-order valence-electron chi connectivity index (χ0n) is 10.4. The van der Waals surface area contributed by atoms with Crippen molar-refractivity contribution in [2.75, 3.05) is 18.1 Å². The van der Waals surface area contributed by atoms with E-state index in [1.165, 1.54) is 0 Å². The van der Waals surface area contributed by atoms with Crippen molar-refractivity contribution in [2.24, 2.45) is 0 Å². The summed E-state index contributed by atoms with van der Waals surface area (Å²) in [7, 11) is -6.37. The summed E-state index contributed by atoms with van der Waals surface area (Å²) in [6.45, 7) is 2.43. The Morgan fingerprint density at radius 2 is 1.89 bits per heavy atom. The van der Waals surface area contributed by atoms with Crippen LogP contribution in [0.4, 0.5) is 0 Å². The van der Waals surface area contributed by atoms with Crippen LogP contribution < -0.4 is 4.72 Å². The van der Waals surface area contributed by atoms with Crippen molar-refractivity contribution in [1.82, 2.24) is 4.72 Å². The van der Waals surface area contributed by atoms with Crippen molar-refractivity contribution in [3.8, 4) is 0 Å². The summed E-state index contributed by atoms with van der Waals surface area (Å²) < 4.78 is 48.9. The Labute approximate surface area is 118 Å². The number of rotatable bonds is 6.